The monoisotopic (exact) mass is 225 g/mol. The van der Waals surface area contributed by atoms with E-state index in [0.717, 1.165) is 5.56 Å². The number of amides is 1. The third-order valence-corrected chi connectivity index (χ3v) is 3.01. The highest BCUT2D eigenvalue weighted by molar-refractivity contribution is 5.80. The van der Waals surface area contributed by atoms with E-state index in [1.165, 1.54) is 12.1 Å². The van der Waals surface area contributed by atoms with Gasteiger partial charge in [0.25, 0.3) is 6.43 Å². The summed E-state index contributed by atoms with van der Waals surface area (Å²) >= 11 is 0. The number of rotatable bonds is 2. The van der Waals surface area contributed by atoms with Gasteiger partial charge in [0.15, 0.2) is 0 Å². The van der Waals surface area contributed by atoms with E-state index < -0.39 is 6.43 Å². The van der Waals surface area contributed by atoms with Crippen LogP contribution in [0.1, 0.15) is 36.8 Å². The Morgan fingerprint density at radius 3 is 2.38 bits per heavy atom. The molecule has 1 aliphatic rings. The zero-order valence-corrected chi connectivity index (χ0v) is 8.91. The van der Waals surface area contributed by atoms with Crippen molar-refractivity contribution in [1.29, 1.82) is 0 Å². The quantitative estimate of drug-likeness (QED) is 0.823. The van der Waals surface area contributed by atoms with Gasteiger partial charge in [0.05, 0.1) is 0 Å². The minimum atomic E-state index is -2.44. The van der Waals surface area contributed by atoms with Gasteiger partial charge >= 0.3 is 0 Å². The fourth-order valence-corrected chi connectivity index (χ4v) is 2.09. The van der Waals surface area contributed by atoms with Gasteiger partial charge in [-0.25, -0.2) is 8.78 Å². The molecule has 2 atom stereocenters. The van der Waals surface area contributed by atoms with Crippen LogP contribution in [-0.2, 0) is 4.79 Å². The number of hydrogen-bond acceptors (Lipinski definition) is 1. The van der Waals surface area contributed by atoms with Crippen molar-refractivity contribution in [2.24, 2.45) is 0 Å². The molecule has 0 saturated carbocycles. The maximum atomic E-state index is 12.3. The maximum absolute atomic E-state index is 12.3. The van der Waals surface area contributed by atoms with Crippen LogP contribution in [0.3, 0.4) is 0 Å². The highest BCUT2D eigenvalue weighted by Crippen LogP contribution is 2.29. The zero-order valence-electron chi connectivity index (χ0n) is 8.91. The lowest BCUT2D eigenvalue weighted by molar-refractivity contribution is -0.119. The molecule has 1 amide bonds. The molecule has 0 radical (unpaired) electrons. The topological polar surface area (TPSA) is 29.1 Å². The van der Waals surface area contributed by atoms with Crippen molar-refractivity contribution >= 4 is 5.91 Å². The Balaban J connectivity index is 2.19. The maximum Gasteiger partial charge on any atom is 0.263 e. The number of carbonyl (C=O) groups is 1. The van der Waals surface area contributed by atoms with Crippen LogP contribution in [0.2, 0.25) is 0 Å². The third kappa shape index (κ3) is 2.05. The second kappa shape index (κ2) is 4.20. The van der Waals surface area contributed by atoms with Gasteiger partial charge in [-0.15, -0.1) is 0 Å². The van der Waals surface area contributed by atoms with Crippen LogP contribution < -0.4 is 5.32 Å². The van der Waals surface area contributed by atoms with Crippen LogP contribution in [0.15, 0.2) is 24.3 Å². The highest BCUT2D eigenvalue weighted by atomic mass is 19.3. The molecule has 1 aromatic carbocycles. The van der Waals surface area contributed by atoms with Crippen LogP contribution in [-0.4, -0.2) is 11.9 Å². The summed E-state index contributed by atoms with van der Waals surface area (Å²) < 4.78 is 24.7. The number of carbonyl (C=O) groups excluding carboxylic acids is 1. The summed E-state index contributed by atoms with van der Waals surface area (Å²) in [6.07, 6.45) is -2.00. The first kappa shape index (κ1) is 11.0. The molecule has 16 heavy (non-hydrogen) atoms. The van der Waals surface area contributed by atoms with Crippen molar-refractivity contribution in [3.8, 4) is 0 Å². The molecule has 4 heteroatoms. The van der Waals surface area contributed by atoms with E-state index in [0.29, 0.717) is 6.42 Å². The molecular formula is C12H13F2NO. The van der Waals surface area contributed by atoms with Crippen molar-refractivity contribution in [2.75, 3.05) is 0 Å². The first-order valence-electron chi connectivity index (χ1n) is 5.25. The summed E-state index contributed by atoms with van der Waals surface area (Å²) in [5, 5.41) is 2.82. The molecule has 1 aliphatic heterocycles. The first-order chi connectivity index (χ1) is 7.58. The zero-order chi connectivity index (χ0) is 11.7. The normalized spacial score (nSPS) is 24.9. The lowest BCUT2D eigenvalue weighted by atomic mass is 9.92. The molecule has 1 N–H and O–H groups in total. The highest BCUT2D eigenvalue weighted by Gasteiger charge is 2.30. The fraction of sp³-hybridized carbons (Fsp3) is 0.417. The van der Waals surface area contributed by atoms with E-state index in [-0.39, 0.29) is 23.4 Å². The molecule has 0 aliphatic carbocycles. The Labute approximate surface area is 92.7 Å². The Morgan fingerprint density at radius 2 is 1.94 bits per heavy atom. The van der Waals surface area contributed by atoms with E-state index in [1.54, 1.807) is 12.1 Å². The van der Waals surface area contributed by atoms with Crippen molar-refractivity contribution in [3.63, 3.8) is 0 Å². The molecule has 1 aromatic rings. The lowest BCUT2D eigenvalue weighted by Crippen LogP contribution is -2.24. The van der Waals surface area contributed by atoms with Crippen LogP contribution in [0.5, 0.6) is 0 Å². The standard InChI is InChI=1S/C12H13F2NO/c1-7-10(6-11(16)15-7)8-2-4-9(5-3-8)12(13)14/h2-5,7,10,12H,6H2,1H3,(H,15,16). The number of alkyl halides is 2. The van der Waals surface area contributed by atoms with E-state index in [2.05, 4.69) is 5.32 Å². The molecule has 0 spiro atoms. The number of nitrogens with one attached hydrogen (secondary N) is 1. The minimum absolute atomic E-state index is 0.0219. The predicted octanol–water partition coefficient (Wildman–Crippen LogP) is 2.62. The van der Waals surface area contributed by atoms with Crippen molar-refractivity contribution in [1.82, 2.24) is 5.32 Å². The van der Waals surface area contributed by atoms with E-state index >= 15 is 0 Å². The van der Waals surface area contributed by atoms with E-state index in [4.69, 9.17) is 0 Å². The van der Waals surface area contributed by atoms with Crippen molar-refractivity contribution < 1.29 is 13.6 Å². The number of hydrogen-bond donors (Lipinski definition) is 1. The van der Waals surface area contributed by atoms with Gasteiger partial charge in [-0.3, -0.25) is 4.79 Å². The van der Waals surface area contributed by atoms with Crippen LogP contribution in [0.25, 0.3) is 0 Å². The molecule has 2 nitrogen and oxygen atoms in total. The van der Waals surface area contributed by atoms with E-state index in [9.17, 15) is 13.6 Å². The van der Waals surface area contributed by atoms with Crippen molar-refractivity contribution in [3.05, 3.63) is 35.4 Å². The lowest BCUT2D eigenvalue weighted by Gasteiger charge is -2.14. The molecule has 2 unspecified atom stereocenters. The molecule has 0 aromatic heterocycles. The third-order valence-electron chi connectivity index (χ3n) is 3.01. The SMILES string of the molecule is CC1NC(=O)CC1c1ccc(C(F)F)cc1. The smallest absolute Gasteiger partial charge is 0.263 e. The minimum Gasteiger partial charge on any atom is -0.353 e. The summed E-state index contributed by atoms with van der Waals surface area (Å²) in [5.74, 6) is 0.120. The molecule has 1 fully saturated rings. The molecular weight excluding hydrogens is 212 g/mol. The Kier molecular flexibility index (Phi) is 2.90. The predicted molar refractivity (Wildman–Crippen MR) is 56.4 cm³/mol. The van der Waals surface area contributed by atoms with Gasteiger partial charge in [0.2, 0.25) is 5.91 Å². The largest absolute Gasteiger partial charge is 0.353 e. The van der Waals surface area contributed by atoms with Gasteiger partial charge in [-0.2, -0.15) is 0 Å². The summed E-state index contributed by atoms with van der Waals surface area (Å²) in [6, 6.07) is 6.29. The summed E-state index contributed by atoms with van der Waals surface area (Å²) in [4.78, 5) is 11.2. The van der Waals surface area contributed by atoms with Gasteiger partial charge in [-0.1, -0.05) is 24.3 Å². The molecule has 0 bridgehead atoms. The average molecular weight is 225 g/mol. The van der Waals surface area contributed by atoms with Gasteiger partial charge in [-0.05, 0) is 12.5 Å². The Hall–Kier alpha value is -1.45. The van der Waals surface area contributed by atoms with Crippen LogP contribution in [0.4, 0.5) is 8.78 Å². The van der Waals surface area contributed by atoms with Gasteiger partial charge < -0.3 is 5.32 Å². The summed E-state index contributed by atoms with van der Waals surface area (Å²) in [6.45, 7) is 1.93. The first-order valence-corrected chi connectivity index (χ1v) is 5.25. The molecule has 1 saturated heterocycles. The molecule has 2 rings (SSSR count). The van der Waals surface area contributed by atoms with Crippen LogP contribution in [0, 0.1) is 0 Å². The van der Waals surface area contributed by atoms with E-state index in [1.807, 2.05) is 6.92 Å². The Bertz CT molecular complexity index is 389. The molecule has 1 heterocycles. The average Bonchev–Trinajstić information content (AvgIpc) is 2.58. The second-order valence-electron chi connectivity index (χ2n) is 4.13. The summed E-state index contributed by atoms with van der Waals surface area (Å²) in [5.41, 5.74) is 0.962. The van der Waals surface area contributed by atoms with Crippen molar-refractivity contribution in [2.45, 2.75) is 31.7 Å². The van der Waals surface area contributed by atoms with Gasteiger partial charge in [0.1, 0.15) is 0 Å². The Morgan fingerprint density at radius 1 is 1.31 bits per heavy atom. The second-order valence-corrected chi connectivity index (χ2v) is 4.13. The van der Waals surface area contributed by atoms with Gasteiger partial charge in [0, 0.05) is 23.9 Å². The summed E-state index contributed by atoms with van der Waals surface area (Å²) in [7, 11) is 0. The molecule has 86 valence electrons. The fourth-order valence-electron chi connectivity index (χ4n) is 2.09. The van der Waals surface area contributed by atoms with Crippen LogP contribution >= 0.6 is 0 Å². The number of benzene rings is 1. The number of halogens is 2.